The standard InChI is InChI=1S/C25H32N6O3.ClH/c1-32-20-11-9-19(10-12-20)29-13-15-30(16-14-29)24(22-7-3-4-8-23(22)33-2)25-26-27-28-31(25)18-21-6-5-17-34-21;/h3-4,7-12,21,24H,5-6,13-18H2,1-2H3;1H. The Morgan fingerprint density at radius 1 is 1.00 bits per heavy atom. The summed E-state index contributed by atoms with van der Waals surface area (Å²) in [5, 5.41) is 12.9. The number of ether oxygens (including phenoxy) is 3. The van der Waals surface area contributed by atoms with Crippen LogP contribution in [0.1, 0.15) is 30.3 Å². The van der Waals surface area contributed by atoms with Gasteiger partial charge in [0.05, 0.1) is 26.9 Å². The first-order valence-electron chi connectivity index (χ1n) is 11.9. The Kier molecular flexibility index (Phi) is 8.43. The minimum Gasteiger partial charge on any atom is -0.497 e. The third-order valence-electron chi connectivity index (χ3n) is 6.76. The molecule has 2 aliphatic rings. The van der Waals surface area contributed by atoms with Crippen LogP contribution in [0.3, 0.4) is 0 Å². The van der Waals surface area contributed by atoms with Gasteiger partial charge in [0.15, 0.2) is 5.82 Å². The topological polar surface area (TPSA) is 77.8 Å². The molecule has 1 aromatic heterocycles. The van der Waals surface area contributed by atoms with Crippen LogP contribution >= 0.6 is 12.4 Å². The Hall–Kier alpha value is -2.88. The number of anilines is 1. The summed E-state index contributed by atoms with van der Waals surface area (Å²) in [6.45, 7) is 5.05. The van der Waals surface area contributed by atoms with Crippen molar-refractivity contribution in [1.29, 1.82) is 0 Å². The van der Waals surface area contributed by atoms with Crippen molar-refractivity contribution >= 4 is 18.1 Å². The number of tetrazole rings is 1. The summed E-state index contributed by atoms with van der Waals surface area (Å²) in [5.41, 5.74) is 2.28. The third-order valence-corrected chi connectivity index (χ3v) is 6.76. The summed E-state index contributed by atoms with van der Waals surface area (Å²) in [5.74, 6) is 2.55. The monoisotopic (exact) mass is 500 g/mol. The molecule has 0 amide bonds. The van der Waals surface area contributed by atoms with Crippen LogP contribution in [0, 0.1) is 0 Å². The zero-order chi connectivity index (χ0) is 23.3. The van der Waals surface area contributed by atoms with Gasteiger partial charge in [0, 0.05) is 44.0 Å². The molecule has 3 aromatic rings. The van der Waals surface area contributed by atoms with Crippen molar-refractivity contribution in [3.8, 4) is 11.5 Å². The lowest BCUT2D eigenvalue weighted by molar-refractivity contribution is 0.0906. The second kappa shape index (κ2) is 11.7. The average molecular weight is 501 g/mol. The maximum absolute atomic E-state index is 5.87. The van der Waals surface area contributed by atoms with E-state index < -0.39 is 0 Å². The molecule has 0 spiro atoms. The molecular weight excluding hydrogens is 468 g/mol. The van der Waals surface area contributed by atoms with Gasteiger partial charge in [-0.05, 0) is 53.6 Å². The first-order chi connectivity index (χ1) is 16.8. The van der Waals surface area contributed by atoms with Crippen molar-refractivity contribution in [2.75, 3.05) is 51.9 Å². The van der Waals surface area contributed by atoms with E-state index in [-0.39, 0.29) is 24.6 Å². The number of nitrogens with zero attached hydrogens (tertiary/aromatic N) is 6. The SMILES string of the molecule is COc1ccc(N2CCN(C(c3ccccc3OC)c3nnnn3CC3CCCO3)CC2)cc1.Cl. The van der Waals surface area contributed by atoms with Gasteiger partial charge in [0.1, 0.15) is 17.5 Å². The van der Waals surface area contributed by atoms with Gasteiger partial charge in [-0.15, -0.1) is 17.5 Å². The fourth-order valence-electron chi connectivity index (χ4n) is 4.94. The minimum atomic E-state index is -0.106. The summed E-state index contributed by atoms with van der Waals surface area (Å²) < 4.78 is 18.8. The van der Waals surface area contributed by atoms with Gasteiger partial charge in [0.25, 0.3) is 0 Å². The fraction of sp³-hybridized carbons (Fsp3) is 0.480. The second-order valence-electron chi connectivity index (χ2n) is 8.72. The highest BCUT2D eigenvalue weighted by Gasteiger charge is 2.33. The number of rotatable bonds is 8. The zero-order valence-electron chi connectivity index (χ0n) is 20.2. The van der Waals surface area contributed by atoms with Gasteiger partial charge < -0.3 is 19.1 Å². The molecule has 188 valence electrons. The van der Waals surface area contributed by atoms with Crippen LogP contribution in [-0.2, 0) is 11.3 Å². The van der Waals surface area contributed by atoms with E-state index in [9.17, 15) is 0 Å². The summed E-state index contributed by atoms with van der Waals surface area (Å²) in [4.78, 5) is 4.86. The molecule has 0 aliphatic carbocycles. The molecule has 3 heterocycles. The number of hydrogen-bond acceptors (Lipinski definition) is 8. The smallest absolute Gasteiger partial charge is 0.173 e. The highest BCUT2D eigenvalue weighted by atomic mass is 35.5. The van der Waals surface area contributed by atoms with Crippen LogP contribution in [0.25, 0.3) is 0 Å². The molecule has 0 radical (unpaired) electrons. The fourth-order valence-corrected chi connectivity index (χ4v) is 4.94. The first kappa shape index (κ1) is 25.2. The predicted molar refractivity (Wildman–Crippen MR) is 136 cm³/mol. The summed E-state index contributed by atoms with van der Waals surface area (Å²) in [6, 6.07) is 16.3. The summed E-state index contributed by atoms with van der Waals surface area (Å²) in [6.07, 6.45) is 2.29. The van der Waals surface area contributed by atoms with Gasteiger partial charge >= 0.3 is 0 Å². The third kappa shape index (κ3) is 5.52. The molecule has 2 aliphatic heterocycles. The highest BCUT2D eigenvalue weighted by Crippen LogP contribution is 2.35. The maximum atomic E-state index is 5.87. The van der Waals surface area contributed by atoms with E-state index in [0.29, 0.717) is 6.54 Å². The number of halogens is 1. The van der Waals surface area contributed by atoms with E-state index in [1.165, 1.54) is 5.69 Å². The van der Waals surface area contributed by atoms with Crippen molar-refractivity contribution in [3.63, 3.8) is 0 Å². The van der Waals surface area contributed by atoms with E-state index in [0.717, 1.165) is 68.5 Å². The van der Waals surface area contributed by atoms with Crippen LogP contribution in [0.5, 0.6) is 11.5 Å². The molecule has 35 heavy (non-hydrogen) atoms. The van der Waals surface area contributed by atoms with Gasteiger partial charge in [-0.2, -0.15) is 0 Å². The van der Waals surface area contributed by atoms with E-state index in [1.54, 1.807) is 14.2 Å². The van der Waals surface area contributed by atoms with Gasteiger partial charge in [-0.3, -0.25) is 4.90 Å². The van der Waals surface area contributed by atoms with Crippen LogP contribution in [-0.4, -0.2) is 78.2 Å². The Labute approximate surface area is 212 Å². The van der Waals surface area contributed by atoms with E-state index in [1.807, 2.05) is 35.0 Å². The molecule has 9 nitrogen and oxygen atoms in total. The normalized spacial score (nSPS) is 19.3. The molecule has 10 heteroatoms. The minimum absolute atomic E-state index is 0. The van der Waals surface area contributed by atoms with Gasteiger partial charge in [0.2, 0.25) is 0 Å². The second-order valence-corrected chi connectivity index (χ2v) is 8.72. The van der Waals surface area contributed by atoms with Crippen molar-refractivity contribution in [1.82, 2.24) is 25.1 Å². The lowest BCUT2D eigenvalue weighted by Gasteiger charge is -2.40. The highest BCUT2D eigenvalue weighted by molar-refractivity contribution is 5.85. The number of hydrogen-bond donors (Lipinski definition) is 0. The van der Waals surface area contributed by atoms with E-state index in [2.05, 4.69) is 43.5 Å². The Bertz CT molecular complexity index is 1070. The lowest BCUT2D eigenvalue weighted by atomic mass is 10.0. The predicted octanol–water partition coefficient (Wildman–Crippen LogP) is 3.20. The molecule has 2 unspecified atom stereocenters. The zero-order valence-corrected chi connectivity index (χ0v) is 21.1. The van der Waals surface area contributed by atoms with Crippen molar-refractivity contribution in [2.45, 2.75) is 31.5 Å². The van der Waals surface area contributed by atoms with Crippen molar-refractivity contribution < 1.29 is 14.2 Å². The number of piperazine rings is 1. The number of aromatic nitrogens is 4. The molecule has 2 atom stereocenters. The molecule has 0 bridgehead atoms. The molecule has 0 saturated carbocycles. The van der Waals surface area contributed by atoms with E-state index in [4.69, 9.17) is 14.2 Å². The number of methoxy groups -OCH3 is 2. The largest absolute Gasteiger partial charge is 0.497 e. The molecule has 2 aromatic carbocycles. The summed E-state index contributed by atoms with van der Waals surface area (Å²) in [7, 11) is 3.41. The molecule has 2 saturated heterocycles. The quantitative estimate of drug-likeness (QED) is 0.466. The molecule has 0 N–H and O–H groups in total. The van der Waals surface area contributed by atoms with Crippen LogP contribution in [0.15, 0.2) is 48.5 Å². The summed E-state index contributed by atoms with van der Waals surface area (Å²) >= 11 is 0. The first-order valence-corrected chi connectivity index (χ1v) is 11.9. The van der Waals surface area contributed by atoms with Crippen LogP contribution < -0.4 is 14.4 Å². The Morgan fingerprint density at radius 3 is 2.46 bits per heavy atom. The van der Waals surface area contributed by atoms with Crippen molar-refractivity contribution in [3.05, 3.63) is 59.9 Å². The Balaban J connectivity index is 0.00000289. The van der Waals surface area contributed by atoms with Crippen LogP contribution in [0.2, 0.25) is 0 Å². The van der Waals surface area contributed by atoms with Gasteiger partial charge in [-0.25, -0.2) is 4.68 Å². The molecule has 2 fully saturated rings. The molecule has 5 rings (SSSR count). The Morgan fingerprint density at radius 2 is 1.77 bits per heavy atom. The average Bonchev–Trinajstić information content (AvgIpc) is 3.58. The molecular formula is C25H33ClN6O3. The number of benzene rings is 2. The van der Waals surface area contributed by atoms with Crippen LogP contribution in [0.4, 0.5) is 5.69 Å². The lowest BCUT2D eigenvalue weighted by Crippen LogP contribution is -2.48. The van der Waals surface area contributed by atoms with Crippen molar-refractivity contribution in [2.24, 2.45) is 0 Å². The maximum Gasteiger partial charge on any atom is 0.173 e. The number of para-hydroxylation sites is 1. The van der Waals surface area contributed by atoms with E-state index >= 15 is 0 Å². The van der Waals surface area contributed by atoms with Gasteiger partial charge in [-0.1, -0.05) is 18.2 Å².